The van der Waals surface area contributed by atoms with E-state index >= 15 is 0 Å². The van der Waals surface area contributed by atoms with Gasteiger partial charge in [-0.1, -0.05) is 12.1 Å². The summed E-state index contributed by atoms with van der Waals surface area (Å²) < 4.78 is 5.64. The molecule has 1 aliphatic carbocycles. The van der Waals surface area contributed by atoms with E-state index < -0.39 is 0 Å². The monoisotopic (exact) mass is 229 g/mol. The zero-order valence-corrected chi connectivity index (χ0v) is 10.3. The standard InChI is InChI=1S/C15H19NO/c1-2-3-4-10-17-15-7-5-6-13(11-15)12-16-14-8-9-14/h5-7,11,14,16H,4,8-10,12H2,1H3. The molecule has 0 bridgehead atoms. The van der Waals surface area contributed by atoms with Crippen LogP contribution in [0.4, 0.5) is 0 Å². The van der Waals surface area contributed by atoms with Crippen LogP contribution in [0.3, 0.4) is 0 Å². The first kappa shape index (κ1) is 12.0. The van der Waals surface area contributed by atoms with E-state index in [9.17, 15) is 0 Å². The van der Waals surface area contributed by atoms with Gasteiger partial charge in [-0.3, -0.25) is 0 Å². The van der Waals surface area contributed by atoms with Crippen molar-refractivity contribution in [3.8, 4) is 17.6 Å². The maximum Gasteiger partial charge on any atom is 0.119 e. The zero-order chi connectivity index (χ0) is 11.9. The Balaban J connectivity index is 1.79. The summed E-state index contributed by atoms with van der Waals surface area (Å²) in [7, 11) is 0. The fourth-order valence-electron chi connectivity index (χ4n) is 1.64. The van der Waals surface area contributed by atoms with Gasteiger partial charge >= 0.3 is 0 Å². The zero-order valence-electron chi connectivity index (χ0n) is 10.3. The molecule has 0 spiro atoms. The SMILES string of the molecule is CC#CCCOc1cccc(CNC2CC2)c1. The molecule has 2 heteroatoms. The lowest BCUT2D eigenvalue weighted by atomic mass is 10.2. The summed E-state index contributed by atoms with van der Waals surface area (Å²) in [6.07, 6.45) is 3.44. The van der Waals surface area contributed by atoms with E-state index in [0.29, 0.717) is 6.61 Å². The lowest BCUT2D eigenvalue weighted by Gasteiger charge is -2.07. The molecule has 0 heterocycles. The molecule has 1 aromatic rings. The Bertz CT molecular complexity index is 412. The van der Waals surface area contributed by atoms with Crippen LogP contribution in [0.15, 0.2) is 24.3 Å². The van der Waals surface area contributed by atoms with E-state index in [-0.39, 0.29) is 0 Å². The molecule has 90 valence electrons. The van der Waals surface area contributed by atoms with Gasteiger partial charge in [-0.2, -0.15) is 0 Å². The van der Waals surface area contributed by atoms with Gasteiger partial charge in [0.05, 0.1) is 6.61 Å². The lowest BCUT2D eigenvalue weighted by Crippen LogP contribution is -2.15. The van der Waals surface area contributed by atoms with E-state index in [1.165, 1.54) is 18.4 Å². The molecule has 0 saturated heterocycles. The first-order chi connectivity index (χ1) is 8.38. The average molecular weight is 229 g/mol. The van der Waals surface area contributed by atoms with Gasteiger partial charge in [0.1, 0.15) is 5.75 Å². The second-order valence-electron chi connectivity index (χ2n) is 4.33. The highest BCUT2D eigenvalue weighted by Gasteiger charge is 2.19. The Kier molecular flexibility index (Phi) is 4.46. The van der Waals surface area contributed by atoms with Crippen molar-refractivity contribution in [2.45, 2.75) is 38.8 Å². The number of rotatable bonds is 6. The highest BCUT2D eigenvalue weighted by atomic mass is 16.5. The van der Waals surface area contributed by atoms with Gasteiger partial charge in [-0.25, -0.2) is 0 Å². The minimum Gasteiger partial charge on any atom is -0.493 e. The van der Waals surface area contributed by atoms with Crippen LogP contribution in [0.1, 0.15) is 31.7 Å². The van der Waals surface area contributed by atoms with Crippen LogP contribution in [-0.2, 0) is 6.54 Å². The molecule has 1 aliphatic rings. The predicted molar refractivity (Wildman–Crippen MR) is 69.9 cm³/mol. The van der Waals surface area contributed by atoms with Gasteiger partial charge in [-0.05, 0) is 37.5 Å². The third-order valence-corrected chi connectivity index (χ3v) is 2.74. The van der Waals surface area contributed by atoms with Crippen molar-refractivity contribution >= 4 is 0 Å². The fourth-order valence-corrected chi connectivity index (χ4v) is 1.64. The third-order valence-electron chi connectivity index (χ3n) is 2.74. The van der Waals surface area contributed by atoms with Crippen LogP contribution in [-0.4, -0.2) is 12.6 Å². The van der Waals surface area contributed by atoms with E-state index in [0.717, 1.165) is 24.8 Å². The van der Waals surface area contributed by atoms with Crippen molar-refractivity contribution < 1.29 is 4.74 Å². The van der Waals surface area contributed by atoms with E-state index in [4.69, 9.17) is 4.74 Å². The van der Waals surface area contributed by atoms with Gasteiger partial charge in [0.25, 0.3) is 0 Å². The highest BCUT2D eigenvalue weighted by Crippen LogP contribution is 2.20. The summed E-state index contributed by atoms with van der Waals surface area (Å²) in [5.41, 5.74) is 1.29. The molecular formula is C15H19NO. The van der Waals surface area contributed by atoms with Gasteiger partial charge < -0.3 is 10.1 Å². The summed E-state index contributed by atoms with van der Waals surface area (Å²) >= 11 is 0. The molecule has 1 fully saturated rings. The topological polar surface area (TPSA) is 21.3 Å². The third kappa shape index (κ3) is 4.50. The van der Waals surface area contributed by atoms with E-state index in [2.05, 4.69) is 29.3 Å². The Labute approximate surface area is 103 Å². The lowest BCUT2D eigenvalue weighted by molar-refractivity contribution is 0.327. The van der Waals surface area contributed by atoms with Crippen molar-refractivity contribution in [3.63, 3.8) is 0 Å². The fraction of sp³-hybridized carbons (Fsp3) is 0.467. The minimum atomic E-state index is 0.667. The Morgan fingerprint density at radius 1 is 1.41 bits per heavy atom. The maximum atomic E-state index is 5.64. The number of nitrogens with one attached hydrogen (secondary N) is 1. The van der Waals surface area contributed by atoms with Crippen LogP contribution in [0.2, 0.25) is 0 Å². The smallest absolute Gasteiger partial charge is 0.119 e. The van der Waals surface area contributed by atoms with Crippen molar-refractivity contribution in [2.24, 2.45) is 0 Å². The van der Waals surface area contributed by atoms with Crippen LogP contribution < -0.4 is 10.1 Å². The van der Waals surface area contributed by atoms with E-state index in [1.807, 2.05) is 19.1 Å². The van der Waals surface area contributed by atoms with Crippen molar-refractivity contribution in [1.29, 1.82) is 0 Å². The summed E-state index contributed by atoms with van der Waals surface area (Å²) in [4.78, 5) is 0. The molecule has 0 aromatic heterocycles. The first-order valence-electron chi connectivity index (χ1n) is 6.23. The van der Waals surface area contributed by atoms with Crippen LogP contribution >= 0.6 is 0 Å². The van der Waals surface area contributed by atoms with Crippen LogP contribution in [0.25, 0.3) is 0 Å². The average Bonchev–Trinajstić information content (AvgIpc) is 3.17. The molecule has 1 N–H and O–H groups in total. The van der Waals surface area contributed by atoms with Gasteiger partial charge in [0.15, 0.2) is 0 Å². The molecule has 0 aliphatic heterocycles. The molecule has 1 saturated carbocycles. The summed E-state index contributed by atoms with van der Waals surface area (Å²) in [6, 6.07) is 9.03. The van der Waals surface area contributed by atoms with Crippen molar-refractivity contribution in [2.75, 3.05) is 6.61 Å². The Hall–Kier alpha value is -1.46. The Morgan fingerprint density at radius 3 is 3.06 bits per heavy atom. The summed E-state index contributed by atoms with van der Waals surface area (Å²) in [5.74, 6) is 6.80. The molecule has 0 radical (unpaired) electrons. The van der Waals surface area contributed by atoms with Gasteiger partial charge in [-0.15, -0.1) is 11.8 Å². The molecule has 0 amide bonds. The molecular weight excluding hydrogens is 210 g/mol. The number of hydrogen-bond donors (Lipinski definition) is 1. The summed E-state index contributed by atoms with van der Waals surface area (Å²) in [6.45, 7) is 3.46. The van der Waals surface area contributed by atoms with Gasteiger partial charge in [0, 0.05) is 19.0 Å². The maximum absolute atomic E-state index is 5.64. The largest absolute Gasteiger partial charge is 0.493 e. The first-order valence-corrected chi connectivity index (χ1v) is 6.23. The second kappa shape index (κ2) is 6.32. The van der Waals surface area contributed by atoms with Crippen LogP contribution in [0.5, 0.6) is 5.75 Å². The molecule has 0 unspecified atom stereocenters. The molecule has 1 aromatic carbocycles. The van der Waals surface area contributed by atoms with Crippen molar-refractivity contribution in [1.82, 2.24) is 5.32 Å². The highest BCUT2D eigenvalue weighted by molar-refractivity contribution is 5.28. The number of benzene rings is 1. The molecule has 2 nitrogen and oxygen atoms in total. The Morgan fingerprint density at radius 2 is 2.29 bits per heavy atom. The van der Waals surface area contributed by atoms with E-state index in [1.54, 1.807) is 0 Å². The normalized spacial score (nSPS) is 13.9. The van der Waals surface area contributed by atoms with Crippen molar-refractivity contribution in [3.05, 3.63) is 29.8 Å². The minimum absolute atomic E-state index is 0.667. The molecule has 2 rings (SSSR count). The van der Waals surface area contributed by atoms with Crippen LogP contribution in [0, 0.1) is 11.8 Å². The predicted octanol–water partition coefficient (Wildman–Crippen LogP) is 2.73. The van der Waals surface area contributed by atoms with Gasteiger partial charge in [0.2, 0.25) is 0 Å². The number of ether oxygens (including phenoxy) is 1. The number of hydrogen-bond acceptors (Lipinski definition) is 2. The summed E-state index contributed by atoms with van der Waals surface area (Å²) in [5, 5.41) is 3.50. The molecule has 0 atom stereocenters. The molecule has 17 heavy (non-hydrogen) atoms. The second-order valence-corrected chi connectivity index (χ2v) is 4.33. The quantitative estimate of drug-likeness (QED) is 0.598.